The molecule has 0 aliphatic carbocycles. The van der Waals surface area contributed by atoms with E-state index < -0.39 is 12.5 Å². The lowest BCUT2D eigenvalue weighted by Crippen LogP contribution is -2.16. The molecule has 0 radical (unpaired) electrons. The Hall–Kier alpha value is -1.58. The molecule has 0 bridgehead atoms. The van der Waals surface area contributed by atoms with Crippen LogP contribution in [0.2, 0.25) is 0 Å². The summed E-state index contributed by atoms with van der Waals surface area (Å²) >= 11 is 0. The summed E-state index contributed by atoms with van der Waals surface area (Å²) in [5.74, 6) is 0.350. The monoisotopic (exact) mass is 240 g/mol. The molecule has 0 aromatic heterocycles. The highest BCUT2D eigenvalue weighted by Gasteiger charge is 2.15. The molecule has 17 heavy (non-hydrogen) atoms. The number of benzene rings is 1. The van der Waals surface area contributed by atoms with Crippen molar-refractivity contribution in [2.24, 2.45) is 0 Å². The van der Waals surface area contributed by atoms with Gasteiger partial charge in [-0.15, -0.1) is 0 Å². The molecule has 0 aliphatic heterocycles. The highest BCUT2D eigenvalue weighted by Crippen LogP contribution is 2.25. The molecule has 0 spiro atoms. The van der Waals surface area contributed by atoms with E-state index in [2.05, 4.69) is 4.74 Å². The summed E-state index contributed by atoms with van der Waals surface area (Å²) in [7, 11) is 0. The van der Waals surface area contributed by atoms with Crippen molar-refractivity contribution in [2.45, 2.75) is 39.5 Å². The van der Waals surface area contributed by atoms with Gasteiger partial charge in [0.15, 0.2) is 0 Å². The maximum absolute atomic E-state index is 12.4. The Balaban J connectivity index is 2.76. The lowest BCUT2D eigenvalue weighted by Gasteiger charge is -2.19. The van der Waals surface area contributed by atoms with E-state index in [0.29, 0.717) is 5.75 Å². The SMILES string of the molecule is CC(F)OC(=O)Oc1cccc(C(C)(C)C)c1. The van der Waals surface area contributed by atoms with Crippen molar-refractivity contribution in [1.29, 1.82) is 0 Å². The van der Waals surface area contributed by atoms with E-state index in [-0.39, 0.29) is 5.41 Å². The van der Waals surface area contributed by atoms with E-state index in [0.717, 1.165) is 12.5 Å². The fraction of sp³-hybridized carbons (Fsp3) is 0.462. The third-order valence-corrected chi connectivity index (χ3v) is 2.16. The molecule has 1 rings (SSSR count). The summed E-state index contributed by atoms with van der Waals surface area (Å²) in [4.78, 5) is 11.1. The van der Waals surface area contributed by atoms with E-state index in [1.165, 1.54) is 0 Å². The maximum atomic E-state index is 12.4. The van der Waals surface area contributed by atoms with E-state index in [9.17, 15) is 9.18 Å². The van der Waals surface area contributed by atoms with Crippen molar-refractivity contribution in [2.75, 3.05) is 0 Å². The second kappa shape index (κ2) is 5.17. The third kappa shape index (κ3) is 4.43. The predicted octanol–water partition coefficient (Wildman–Crippen LogP) is 3.82. The minimum Gasteiger partial charge on any atom is -0.400 e. The molecular formula is C13H17FO3. The van der Waals surface area contributed by atoms with Gasteiger partial charge in [-0.2, -0.15) is 0 Å². The van der Waals surface area contributed by atoms with Crippen molar-refractivity contribution in [3.63, 3.8) is 0 Å². The quantitative estimate of drug-likeness (QED) is 0.582. The molecule has 0 saturated heterocycles. The minimum absolute atomic E-state index is 0.0450. The molecule has 0 heterocycles. The molecule has 0 N–H and O–H groups in total. The van der Waals surface area contributed by atoms with Crippen LogP contribution in [-0.2, 0) is 10.2 Å². The number of halogens is 1. The van der Waals surface area contributed by atoms with Crippen LogP contribution in [0, 0.1) is 0 Å². The van der Waals surface area contributed by atoms with E-state index >= 15 is 0 Å². The van der Waals surface area contributed by atoms with Gasteiger partial charge in [-0.25, -0.2) is 9.18 Å². The Labute approximate surface area is 101 Å². The van der Waals surface area contributed by atoms with Crippen LogP contribution in [0.25, 0.3) is 0 Å². The number of rotatable bonds is 2. The van der Waals surface area contributed by atoms with Gasteiger partial charge >= 0.3 is 6.16 Å². The van der Waals surface area contributed by atoms with Crippen LogP contribution in [-0.4, -0.2) is 12.5 Å². The van der Waals surface area contributed by atoms with Crippen LogP contribution in [0.15, 0.2) is 24.3 Å². The van der Waals surface area contributed by atoms with Crippen LogP contribution in [0.3, 0.4) is 0 Å². The highest BCUT2D eigenvalue weighted by molar-refractivity contribution is 5.64. The average Bonchev–Trinajstić information content (AvgIpc) is 2.15. The largest absolute Gasteiger partial charge is 0.516 e. The molecule has 0 fully saturated rings. The number of carbonyl (C=O) groups excluding carboxylic acids is 1. The molecular weight excluding hydrogens is 223 g/mol. The molecule has 3 nitrogen and oxygen atoms in total. The van der Waals surface area contributed by atoms with E-state index in [1.807, 2.05) is 26.8 Å². The molecule has 1 aromatic rings. The topological polar surface area (TPSA) is 35.5 Å². The summed E-state index contributed by atoms with van der Waals surface area (Å²) in [5.41, 5.74) is 0.979. The van der Waals surface area contributed by atoms with Crippen LogP contribution < -0.4 is 4.74 Å². The van der Waals surface area contributed by atoms with Crippen LogP contribution in [0.1, 0.15) is 33.3 Å². The van der Waals surface area contributed by atoms with Crippen molar-refractivity contribution in [3.05, 3.63) is 29.8 Å². The molecule has 94 valence electrons. The van der Waals surface area contributed by atoms with Crippen molar-refractivity contribution >= 4 is 6.16 Å². The fourth-order valence-corrected chi connectivity index (χ4v) is 1.28. The average molecular weight is 240 g/mol. The van der Waals surface area contributed by atoms with Crippen molar-refractivity contribution in [1.82, 2.24) is 0 Å². The first-order valence-corrected chi connectivity index (χ1v) is 5.42. The van der Waals surface area contributed by atoms with E-state index in [1.54, 1.807) is 18.2 Å². The van der Waals surface area contributed by atoms with Gasteiger partial charge in [0, 0.05) is 6.92 Å². The first kappa shape index (κ1) is 13.5. The van der Waals surface area contributed by atoms with Crippen LogP contribution in [0.4, 0.5) is 9.18 Å². The van der Waals surface area contributed by atoms with Gasteiger partial charge in [0.2, 0.25) is 6.36 Å². The second-order valence-corrected chi connectivity index (χ2v) is 4.79. The second-order valence-electron chi connectivity index (χ2n) is 4.79. The Kier molecular flexibility index (Phi) is 4.10. The van der Waals surface area contributed by atoms with Gasteiger partial charge in [0.05, 0.1) is 0 Å². The minimum atomic E-state index is -1.67. The molecule has 1 unspecified atom stereocenters. The molecule has 1 aromatic carbocycles. The standard InChI is InChI=1S/C13H17FO3/c1-9(14)16-12(15)17-11-7-5-6-10(8-11)13(2,3)4/h5-9H,1-4H3. The summed E-state index contributed by atoms with van der Waals surface area (Å²) in [5, 5.41) is 0. The Morgan fingerprint density at radius 1 is 1.35 bits per heavy atom. The van der Waals surface area contributed by atoms with Gasteiger partial charge in [-0.1, -0.05) is 32.9 Å². The normalized spacial score (nSPS) is 13.0. The van der Waals surface area contributed by atoms with Crippen molar-refractivity contribution < 1.29 is 18.7 Å². The smallest absolute Gasteiger partial charge is 0.400 e. The molecule has 0 aliphatic rings. The number of ether oxygens (including phenoxy) is 2. The number of hydrogen-bond donors (Lipinski definition) is 0. The number of carbonyl (C=O) groups is 1. The summed E-state index contributed by atoms with van der Waals surface area (Å²) in [6, 6.07) is 7.08. The first-order valence-electron chi connectivity index (χ1n) is 5.42. The van der Waals surface area contributed by atoms with Gasteiger partial charge < -0.3 is 9.47 Å². The van der Waals surface area contributed by atoms with Gasteiger partial charge in [0.25, 0.3) is 0 Å². The first-order chi connectivity index (χ1) is 7.79. The van der Waals surface area contributed by atoms with E-state index in [4.69, 9.17) is 4.74 Å². The number of alkyl halides is 1. The molecule has 0 amide bonds. The predicted molar refractivity (Wildman–Crippen MR) is 62.8 cm³/mol. The van der Waals surface area contributed by atoms with Crippen molar-refractivity contribution in [3.8, 4) is 5.75 Å². The van der Waals surface area contributed by atoms with Crippen LogP contribution >= 0.6 is 0 Å². The lowest BCUT2D eigenvalue weighted by molar-refractivity contribution is 0.00193. The molecule has 4 heteroatoms. The summed E-state index contributed by atoms with van der Waals surface area (Å²) in [6.07, 6.45) is -2.71. The Morgan fingerprint density at radius 2 is 2.00 bits per heavy atom. The zero-order valence-corrected chi connectivity index (χ0v) is 10.5. The zero-order valence-electron chi connectivity index (χ0n) is 10.5. The van der Waals surface area contributed by atoms with Gasteiger partial charge in [0.1, 0.15) is 5.75 Å². The Morgan fingerprint density at radius 3 is 2.53 bits per heavy atom. The summed E-state index contributed by atoms with van der Waals surface area (Å²) < 4.78 is 21.5. The van der Waals surface area contributed by atoms with Gasteiger partial charge in [-0.3, -0.25) is 0 Å². The summed E-state index contributed by atoms with van der Waals surface area (Å²) in [6.45, 7) is 7.27. The van der Waals surface area contributed by atoms with Gasteiger partial charge in [-0.05, 0) is 23.1 Å². The fourth-order valence-electron chi connectivity index (χ4n) is 1.28. The Bertz CT molecular complexity index is 394. The maximum Gasteiger partial charge on any atom is 0.516 e. The molecule has 0 saturated carbocycles. The zero-order chi connectivity index (χ0) is 13.1. The highest BCUT2D eigenvalue weighted by atomic mass is 19.1. The molecule has 1 atom stereocenters. The van der Waals surface area contributed by atoms with Crippen LogP contribution in [0.5, 0.6) is 5.75 Å². The number of hydrogen-bond acceptors (Lipinski definition) is 3. The lowest BCUT2D eigenvalue weighted by atomic mass is 9.87. The third-order valence-electron chi connectivity index (χ3n) is 2.16.